The van der Waals surface area contributed by atoms with Crippen molar-refractivity contribution >= 4 is 45.1 Å². The molecule has 0 aliphatic rings. The topological polar surface area (TPSA) is 39.2 Å². The SMILES string of the molecule is O=C(/C=C/c1sc2ccccc2c1Cl)OCc1ccccn1. The number of esters is 1. The van der Waals surface area contributed by atoms with Crippen LogP contribution < -0.4 is 0 Å². The summed E-state index contributed by atoms with van der Waals surface area (Å²) in [6.07, 6.45) is 4.74. The van der Waals surface area contributed by atoms with Gasteiger partial charge in [-0.2, -0.15) is 0 Å². The molecular formula is C17H12ClNO2S. The van der Waals surface area contributed by atoms with Gasteiger partial charge in [-0.05, 0) is 24.3 Å². The van der Waals surface area contributed by atoms with Gasteiger partial charge in [0.25, 0.3) is 0 Å². The normalized spacial score (nSPS) is 11.1. The lowest BCUT2D eigenvalue weighted by molar-refractivity contribution is -0.139. The van der Waals surface area contributed by atoms with Crippen LogP contribution in [0, 0.1) is 0 Å². The van der Waals surface area contributed by atoms with Crippen molar-refractivity contribution < 1.29 is 9.53 Å². The Bertz CT molecular complexity index is 827. The Kier molecular flexibility index (Phi) is 4.51. The summed E-state index contributed by atoms with van der Waals surface area (Å²) in [6, 6.07) is 13.3. The predicted octanol–water partition coefficient (Wildman–Crippen LogP) is 4.71. The molecule has 0 fully saturated rings. The lowest BCUT2D eigenvalue weighted by Crippen LogP contribution is -2.01. The van der Waals surface area contributed by atoms with E-state index in [9.17, 15) is 4.79 Å². The first kappa shape index (κ1) is 14.8. The highest BCUT2D eigenvalue weighted by Crippen LogP contribution is 2.35. The van der Waals surface area contributed by atoms with Crippen LogP contribution in [-0.2, 0) is 16.1 Å². The molecule has 0 radical (unpaired) electrons. The van der Waals surface area contributed by atoms with Crippen LogP contribution in [0.1, 0.15) is 10.6 Å². The van der Waals surface area contributed by atoms with Crippen molar-refractivity contribution in [2.45, 2.75) is 6.61 Å². The third kappa shape index (κ3) is 3.35. The zero-order chi connectivity index (χ0) is 15.4. The summed E-state index contributed by atoms with van der Waals surface area (Å²) in [5.74, 6) is -0.417. The van der Waals surface area contributed by atoms with Gasteiger partial charge in [0.1, 0.15) is 6.61 Å². The number of nitrogens with zero attached hydrogens (tertiary/aromatic N) is 1. The fourth-order valence-corrected chi connectivity index (χ4v) is 3.36. The molecule has 0 bridgehead atoms. The molecule has 3 aromatic rings. The van der Waals surface area contributed by atoms with Gasteiger partial charge in [-0.15, -0.1) is 11.3 Å². The number of thiophene rings is 1. The Morgan fingerprint density at radius 1 is 1.23 bits per heavy atom. The molecule has 3 nitrogen and oxygen atoms in total. The number of aromatic nitrogens is 1. The van der Waals surface area contributed by atoms with Gasteiger partial charge >= 0.3 is 5.97 Å². The summed E-state index contributed by atoms with van der Waals surface area (Å²) in [7, 11) is 0. The van der Waals surface area contributed by atoms with Gasteiger partial charge in [-0.1, -0.05) is 35.9 Å². The van der Waals surface area contributed by atoms with Gasteiger partial charge in [0.05, 0.1) is 10.7 Å². The van der Waals surface area contributed by atoms with Crippen LogP contribution in [0.3, 0.4) is 0 Å². The van der Waals surface area contributed by atoms with E-state index in [-0.39, 0.29) is 6.61 Å². The quantitative estimate of drug-likeness (QED) is 0.514. The minimum atomic E-state index is -0.417. The van der Waals surface area contributed by atoms with Crippen LogP contribution in [-0.4, -0.2) is 11.0 Å². The van der Waals surface area contributed by atoms with Crippen molar-refractivity contribution in [3.8, 4) is 0 Å². The molecule has 0 aliphatic carbocycles. The molecule has 0 spiro atoms. The zero-order valence-electron chi connectivity index (χ0n) is 11.5. The van der Waals surface area contributed by atoms with Crippen molar-refractivity contribution in [1.82, 2.24) is 4.98 Å². The van der Waals surface area contributed by atoms with E-state index in [1.54, 1.807) is 29.7 Å². The highest BCUT2D eigenvalue weighted by molar-refractivity contribution is 7.20. The molecule has 0 atom stereocenters. The maximum Gasteiger partial charge on any atom is 0.331 e. The lowest BCUT2D eigenvalue weighted by Gasteiger charge is -2.00. The second kappa shape index (κ2) is 6.73. The summed E-state index contributed by atoms with van der Waals surface area (Å²) < 4.78 is 6.23. The predicted molar refractivity (Wildman–Crippen MR) is 89.9 cm³/mol. The maximum atomic E-state index is 11.7. The van der Waals surface area contributed by atoms with E-state index in [0.717, 1.165) is 15.0 Å². The molecule has 0 aliphatic heterocycles. The average Bonchev–Trinajstić information content (AvgIpc) is 2.88. The van der Waals surface area contributed by atoms with Crippen molar-refractivity contribution in [2.75, 3.05) is 0 Å². The molecule has 0 saturated carbocycles. The van der Waals surface area contributed by atoms with Crippen LogP contribution in [0.2, 0.25) is 5.02 Å². The van der Waals surface area contributed by atoms with Gasteiger partial charge < -0.3 is 4.74 Å². The fraction of sp³-hybridized carbons (Fsp3) is 0.0588. The number of rotatable bonds is 4. The first-order valence-electron chi connectivity index (χ1n) is 6.66. The van der Waals surface area contributed by atoms with Crippen molar-refractivity contribution in [2.24, 2.45) is 0 Å². The number of ether oxygens (including phenoxy) is 1. The third-order valence-corrected chi connectivity index (χ3v) is 4.67. The van der Waals surface area contributed by atoms with Crippen molar-refractivity contribution in [3.63, 3.8) is 0 Å². The van der Waals surface area contributed by atoms with E-state index in [4.69, 9.17) is 16.3 Å². The van der Waals surface area contributed by atoms with Gasteiger partial charge in [0.2, 0.25) is 0 Å². The number of hydrogen-bond donors (Lipinski definition) is 0. The van der Waals surface area contributed by atoms with Crippen molar-refractivity contribution in [1.29, 1.82) is 0 Å². The highest BCUT2D eigenvalue weighted by Gasteiger charge is 2.08. The van der Waals surface area contributed by atoms with Crippen LogP contribution >= 0.6 is 22.9 Å². The Balaban J connectivity index is 1.67. The van der Waals surface area contributed by atoms with E-state index in [2.05, 4.69) is 4.98 Å². The monoisotopic (exact) mass is 329 g/mol. The molecule has 22 heavy (non-hydrogen) atoms. The van der Waals surface area contributed by atoms with Crippen LogP contribution in [0.5, 0.6) is 0 Å². The molecule has 5 heteroatoms. The van der Waals surface area contributed by atoms with Crippen LogP contribution in [0.15, 0.2) is 54.7 Å². The van der Waals surface area contributed by atoms with Crippen LogP contribution in [0.4, 0.5) is 0 Å². The summed E-state index contributed by atoms with van der Waals surface area (Å²) in [5.41, 5.74) is 0.712. The first-order valence-corrected chi connectivity index (χ1v) is 7.85. The molecule has 0 saturated heterocycles. The summed E-state index contributed by atoms with van der Waals surface area (Å²) >= 11 is 7.85. The Hall–Kier alpha value is -2.17. The lowest BCUT2D eigenvalue weighted by atomic mass is 10.2. The largest absolute Gasteiger partial charge is 0.456 e. The summed E-state index contributed by atoms with van der Waals surface area (Å²) in [6.45, 7) is 0.157. The molecule has 0 N–H and O–H groups in total. The third-order valence-electron chi connectivity index (χ3n) is 3.02. The summed E-state index contributed by atoms with van der Waals surface area (Å²) in [5, 5.41) is 1.66. The smallest absolute Gasteiger partial charge is 0.331 e. The fourth-order valence-electron chi connectivity index (χ4n) is 1.96. The van der Waals surface area contributed by atoms with Gasteiger partial charge in [-0.25, -0.2) is 4.79 Å². The average molecular weight is 330 g/mol. The first-order chi connectivity index (χ1) is 10.7. The number of halogens is 1. The molecule has 110 valence electrons. The highest BCUT2D eigenvalue weighted by atomic mass is 35.5. The van der Waals surface area contributed by atoms with E-state index in [1.165, 1.54) is 6.08 Å². The Morgan fingerprint density at radius 3 is 2.82 bits per heavy atom. The minimum Gasteiger partial charge on any atom is -0.456 e. The molecule has 2 heterocycles. The standard InChI is InChI=1S/C17H12ClNO2S/c18-17-13-6-1-2-7-14(13)22-15(17)8-9-16(20)21-11-12-5-3-4-10-19-12/h1-10H,11H2/b9-8+. The number of carbonyl (C=O) groups is 1. The van der Waals surface area contributed by atoms with Gasteiger partial charge in [0, 0.05) is 27.2 Å². The zero-order valence-corrected chi connectivity index (χ0v) is 13.1. The molecule has 0 unspecified atom stereocenters. The van der Waals surface area contributed by atoms with Crippen LogP contribution in [0.25, 0.3) is 16.2 Å². The maximum absolute atomic E-state index is 11.7. The van der Waals surface area contributed by atoms with Crippen molar-refractivity contribution in [3.05, 3.63) is 70.3 Å². The molecular weight excluding hydrogens is 318 g/mol. The number of carbonyl (C=O) groups excluding carboxylic acids is 1. The molecule has 0 amide bonds. The minimum absolute atomic E-state index is 0.157. The number of fused-ring (bicyclic) bond motifs is 1. The van der Waals surface area contributed by atoms with Gasteiger partial charge in [0.15, 0.2) is 0 Å². The number of pyridine rings is 1. The molecule has 1 aromatic carbocycles. The van der Waals surface area contributed by atoms with E-state index in [1.807, 2.05) is 36.4 Å². The summed E-state index contributed by atoms with van der Waals surface area (Å²) in [4.78, 5) is 16.7. The van der Waals surface area contributed by atoms with E-state index in [0.29, 0.717) is 10.7 Å². The van der Waals surface area contributed by atoms with Gasteiger partial charge in [-0.3, -0.25) is 4.98 Å². The Labute approximate surface area is 136 Å². The van der Waals surface area contributed by atoms with E-state index < -0.39 is 5.97 Å². The second-order valence-corrected chi connectivity index (χ2v) is 6.00. The second-order valence-electron chi connectivity index (χ2n) is 4.54. The number of benzene rings is 1. The number of hydrogen-bond acceptors (Lipinski definition) is 4. The molecule has 3 rings (SSSR count). The van der Waals surface area contributed by atoms with E-state index >= 15 is 0 Å². The Morgan fingerprint density at radius 2 is 2.05 bits per heavy atom. The molecule has 2 aromatic heterocycles.